The third-order valence-electron chi connectivity index (χ3n) is 5.44. The first-order chi connectivity index (χ1) is 16.1. The summed E-state index contributed by atoms with van der Waals surface area (Å²) < 4.78 is 35.9. The average molecular weight is 456 g/mol. The van der Waals surface area contributed by atoms with Crippen LogP contribution in [0.5, 0.6) is 5.75 Å². The van der Waals surface area contributed by atoms with Crippen molar-refractivity contribution in [1.82, 2.24) is 0 Å². The maximum atomic E-state index is 12.8. The van der Waals surface area contributed by atoms with Gasteiger partial charge in [0, 0.05) is 17.2 Å². The van der Waals surface area contributed by atoms with E-state index in [0.29, 0.717) is 23.5 Å². The Morgan fingerprint density at radius 2 is 1.36 bits per heavy atom. The van der Waals surface area contributed by atoms with Crippen LogP contribution in [0.1, 0.15) is 87.1 Å². The van der Waals surface area contributed by atoms with Crippen LogP contribution in [0.15, 0.2) is 60.7 Å². The molecule has 6 heteroatoms. The standard InChI is InChI=1S/C27H35BF2O3/c1-2-3-4-5-6-7-8-9-10-14-21-32-25-19-17-23(18-20-25)26(31)22-27(33-28(29)30)24-15-12-11-13-16-24/h11-13,15-20,22H,2-10,14,21H2,1H3/b27-22-. The van der Waals surface area contributed by atoms with Gasteiger partial charge in [-0.25, -0.2) is 8.63 Å². The molecule has 0 aliphatic carbocycles. The van der Waals surface area contributed by atoms with Crippen LogP contribution in [0.25, 0.3) is 5.76 Å². The smallest absolute Gasteiger partial charge is 0.505 e. The van der Waals surface area contributed by atoms with Crippen LogP contribution in [-0.4, -0.2) is 19.9 Å². The molecule has 0 saturated heterocycles. The van der Waals surface area contributed by atoms with Crippen molar-refractivity contribution < 1.29 is 22.8 Å². The number of hydrogen-bond acceptors (Lipinski definition) is 3. The first kappa shape index (κ1) is 26.6. The molecule has 0 aliphatic heterocycles. The van der Waals surface area contributed by atoms with E-state index in [-0.39, 0.29) is 5.76 Å². The Labute approximate surface area is 197 Å². The van der Waals surface area contributed by atoms with Crippen molar-refractivity contribution in [2.75, 3.05) is 6.61 Å². The van der Waals surface area contributed by atoms with Gasteiger partial charge in [-0.05, 0) is 30.7 Å². The lowest BCUT2D eigenvalue weighted by Gasteiger charge is -2.09. The summed E-state index contributed by atoms with van der Waals surface area (Å²) in [6.45, 7) is 2.88. The summed E-state index contributed by atoms with van der Waals surface area (Å²) in [7, 11) is -3.01. The monoisotopic (exact) mass is 456 g/mol. The van der Waals surface area contributed by atoms with Gasteiger partial charge in [-0.2, -0.15) is 0 Å². The Bertz CT molecular complexity index is 823. The van der Waals surface area contributed by atoms with Gasteiger partial charge in [0.05, 0.1) is 6.61 Å². The van der Waals surface area contributed by atoms with Gasteiger partial charge >= 0.3 is 7.47 Å². The highest BCUT2D eigenvalue weighted by atomic mass is 19.2. The SMILES string of the molecule is CCCCCCCCCCCCOc1ccc(C(=O)/C=C(\OB(F)F)c2ccccc2)cc1. The van der Waals surface area contributed by atoms with Crippen molar-refractivity contribution in [2.45, 2.75) is 71.1 Å². The number of halogens is 2. The number of rotatable bonds is 17. The van der Waals surface area contributed by atoms with Gasteiger partial charge in [0.15, 0.2) is 5.78 Å². The fourth-order valence-electron chi connectivity index (χ4n) is 3.58. The first-order valence-electron chi connectivity index (χ1n) is 12.1. The van der Waals surface area contributed by atoms with Gasteiger partial charge in [0.1, 0.15) is 11.5 Å². The lowest BCUT2D eigenvalue weighted by molar-refractivity contribution is 0.104. The van der Waals surface area contributed by atoms with Crippen LogP contribution < -0.4 is 4.74 Å². The van der Waals surface area contributed by atoms with E-state index in [1.165, 1.54) is 51.4 Å². The third kappa shape index (κ3) is 11.2. The van der Waals surface area contributed by atoms with Crippen LogP contribution in [0.3, 0.4) is 0 Å². The number of unbranched alkanes of at least 4 members (excludes halogenated alkanes) is 9. The average Bonchev–Trinajstić information content (AvgIpc) is 2.82. The largest absolute Gasteiger partial charge is 0.796 e. The molecule has 178 valence electrons. The molecule has 0 aliphatic rings. The van der Waals surface area contributed by atoms with Crippen molar-refractivity contribution >= 4 is 19.0 Å². The first-order valence-corrected chi connectivity index (χ1v) is 12.1. The zero-order chi connectivity index (χ0) is 23.7. The van der Waals surface area contributed by atoms with Crippen molar-refractivity contribution in [3.63, 3.8) is 0 Å². The highest BCUT2D eigenvalue weighted by molar-refractivity contribution is 6.36. The minimum atomic E-state index is -3.01. The van der Waals surface area contributed by atoms with Crippen LogP contribution in [0.2, 0.25) is 0 Å². The quantitative estimate of drug-likeness (QED) is 0.0792. The van der Waals surface area contributed by atoms with E-state index in [9.17, 15) is 13.4 Å². The number of hydrogen-bond donors (Lipinski definition) is 0. The van der Waals surface area contributed by atoms with Crippen LogP contribution in [0, 0.1) is 0 Å². The van der Waals surface area contributed by atoms with E-state index in [4.69, 9.17) is 4.74 Å². The fraction of sp³-hybridized carbons (Fsp3) is 0.444. The van der Waals surface area contributed by atoms with Gasteiger partial charge in [-0.1, -0.05) is 95.0 Å². The molecule has 0 heterocycles. The molecule has 2 aromatic carbocycles. The Hall–Kier alpha value is -2.63. The maximum Gasteiger partial charge on any atom is 0.796 e. The van der Waals surface area contributed by atoms with Gasteiger partial charge < -0.3 is 9.39 Å². The summed E-state index contributed by atoms with van der Waals surface area (Å²) in [5, 5.41) is 0. The molecular formula is C27H35BF2O3. The van der Waals surface area contributed by atoms with Crippen molar-refractivity contribution in [2.24, 2.45) is 0 Å². The molecule has 0 fully saturated rings. The summed E-state index contributed by atoms with van der Waals surface area (Å²) in [5.41, 5.74) is 0.801. The maximum absolute atomic E-state index is 12.8. The Balaban J connectivity index is 1.73. The summed E-state index contributed by atoms with van der Waals surface area (Å²) in [6.07, 6.45) is 13.8. The van der Waals surface area contributed by atoms with Gasteiger partial charge in [-0.3, -0.25) is 4.79 Å². The van der Waals surface area contributed by atoms with E-state index in [1.807, 2.05) is 0 Å². The number of carbonyl (C=O) groups is 1. The van der Waals surface area contributed by atoms with Crippen molar-refractivity contribution in [1.29, 1.82) is 0 Å². The molecule has 0 unspecified atom stereocenters. The molecule has 0 saturated carbocycles. The normalized spacial score (nSPS) is 11.3. The van der Waals surface area contributed by atoms with Gasteiger partial charge in [0.2, 0.25) is 0 Å². The number of benzene rings is 2. The van der Waals surface area contributed by atoms with Crippen LogP contribution in [0.4, 0.5) is 8.63 Å². The summed E-state index contributed by atoms with van der Waals surface area (Å²) in [4.78, 5) is 12.5. The lowest BCUT2D eigenvalue weighted by atomic mass is 10.1. The van der Waals surface area contributed by atoms with E-state index < -0.39 is 13.3 Å². The van der Waals surface area contributed by atoms with E-state index in [0.717, 1.165) is 18.9 Å². The Morgan fingerprint density at radius 3 is 1.94 bits per heavy atom. The van der Waals surface area contributed by atoms with Crippen molar-refractivity contribution in [3.8, 4) is 5.75 Å². The second kappa shape index (κ2) is 16.1. The number of ketones is 1. The molecule has 0 atom stereocenters. The molecule has 0 aromatic heterocycles. The second-order valence-electron chi connectivity index (χ2n) is 8.17. The van der Waals surface area contributed by atoms with Crippen LogP contribution >= 0.6 is 0 Å². The minimum absolute atomic E-state index is 0.156. The molecule has 33 heavy (non-hydrogen) atoms. The molecule has 0 amide bonds. The second-order valence-corrected chi connectivity index (χ2v) is 8.17. The van der Waals surface area contributed by atoms with Crippen LogP contribution in [-0.2, 0) is 4.65 Å². The number of allylic oxidation sites excluding steroid dienone is 1. The highest BCUT2D eigenvalue weighted by Crippen LogP contribution is 2.20. The molecular weight excluding hydrogens is 421 g/mol. The van der Waals surface area contributed by atoms with Gasteiger partial charge in [-0.15, -0.1) is 0 Å². The van der Waals surface area contributed by atoms with E-state index >= 15 is 0 Å². The van der Waals surface area contributed by atoms with Crippen molar-refractivity contribution in [3.05, 3.63) is 71.8 Å². The molecule has 2 aromatic rings. The molecule has 3 nitrogen and oxygen atoms in total. The molecule has 0 spiro atoms. The topological polar surface area (TPSA) is 35.5 Å². The molecule has 0 bridgehead atoms. The molecule has 0 radical (unpaired) electrons. The predicted molar refractivity (Wildman–Crippen MR) is 132 cm³/mol. The van der Waals surface area contributed by atoms with E-state index in [1.54, 1.807) is 54.6 Å². The minimum Gasteiger partial charge on any atom is -0.505 e. The van der Waals surface area contributed by atoms with E-state index in [2.05, 4.69) is 11.6 Å². The Kier molecular flexibility index (Phi) is 13.0. The number of carbonyl (C=O) groups excluding carboxylic acids is 1. The third-order valence-corrected chi connectivity index (χ3v) is 5.44. The summed E-state index contributed by atoms with van der Waals surface area (Å²) >= 11 is 0. The molecule has 0 N–H and O–H groups in total. The van der Waals surface area contributed by atoms with Gasteiger partial charge in [0.25, 0.3) is 0 Å². The predicted octanol–water partition coefficient (Wildman–Crippen LogP) is 8.15. The zero-order valence-electron chi connectivity index (χ0n) is 19.6. The zero-order valence-corrected chi connectivity index (χ0v) is 19.6. The summed E-state index contributed by atoms with van der Waals surface area (Å²) in [5.74, 6) is 0.131. The fourth-order valence-corrected chi connectivity index (χ4v) is 3.58. The number of ether oxygens (including phenoxy) is 1. The molecule has 2 rings (SSSR count). The highest BCUT2D eigenvalue weighted by Gasteiger charge is 2.21. The summed E-state index contributed by atoms with van der Waals surface area (Å²) in [6, 6.07) is 15.1. The lowest BCUT2D eigenvalue weighted by Crippen LogP contribution is -2.06. The Morgan fingerprint density at radius 1 is 0.788 bits per heavy atom.